The summed E-state index contributed by atoms with van der Waals surface area (Å²) in [5.74, 6) is 0.110. The molecular formula is C24H18N6O3. The van der Waals surface area contributed by atoms with Crippen LogP contribution in [0.1, 0.15) is 5.56 Å². The number of anilines is 1. The molecule has 0 fully saturated rings. The van der Waals surface area contributed by atoms with Gasteiger partial charge in [0.25, 0.3) is 5.69 Å². The predicted octanol–water partition coefficient (Wildman–Crippen LogP) is 4.51. The third-order valence-corrected chi connectivity index (χ3v) is 5.16. The van der Waals surface area contributed by atoms with Crippen molar-refractivity contribution < 1.29 is 9.72 Å². The molecule has 0 atom stereocenters. The van der Waals surface area contributed by atoms with Gasteiger partial charge in [0, 0.05) is 29.5 Å². The number of fused-ring (bicyclic) bond motifs is 1. The first kappa shape index (κ1) is 20.1. The highest BCUT2D eigenvalue weighted by Crippen LogP contribution is 2.26. The van der Waals surface area contributed by atoms with E-state index in [1.807, 2.05) is 54.6 Å². The number of hydrogen-bond acceptors (Lipinski definition) is 5. The Morgan fingerprint density at radius 1 is 1.00 bits per heavy atom. The van der Waals surface area contributed by atoms with Crippen LogP contribution in [-0.2, 0) is 11.2 Å². The first-order valence-electron chi connectivity index (χ1n) is 10.2. The van der Waals surface area contributed by atoms with Crippen LogP contribution in [0.15, 0.2) is 85.1 Å². The van der Waals surface area contributed by atoms with E-state index in [9.17, 15) is 14.9 Å². The third-order valence-electron chi connectivity index (χ3n) is 5.16. The highest BCUT2D eigenvalue weighted by molar-refractivity contribution is 5.93. The second-order valence-electron chi connectivity index (χ2n) is 7.41. The fraction of sp³-hybridized carbons (Fsp3) is 0.0417. The Kier molecular flexibility index (Phi) is 5.12. The number of nitrogens with zero attached hydrogens (tertiary/aromatic N) is 4. The normalized spacial score (nSPS) is 10.9. The molecule has 162 valence electrons. The minimum Gasteiger partial charge on any atom is -0.324 e. The summed E-state index contributed by atoms with van der Waals surface area (Å²) in [6.45, 7) is 0. The van der Waals surface area contributed by atoms with Crippen molar-refractivity contribution in [2.75, 3.05) is 5.32 Å². The predicted molar refractivity (Wildman–Crippen MR) is 124 cm³/mol. The Morgan fingerprint density at radius 2 is 1.73 bits per heavy atom. The van der Waals surface area contributed by atoms with E-state index in [0.717, 1.165) is 16.7 Å². The molecule has 2 heterocycles. The highest BCUT2D eigenvalue weighted by atomic mass is 16.6. The van der Waals surface area contributed by atoms with E-state index in [0.29, 0.717) is 22.8 Å². The number of aromatic nitrogens is 4. The summed E-state index contributed by atoms with van der Waals surface area (Å²) < 4.78 is 1.69. The van der Waals surface area contributed by atoms with Crippen molar-refractivity contribution in [2.24, 2.45) is 0 Å². The molecule has 0 aliphatic rings. The highest BCUT2D eigenvalue weighted by Gasteiger charge is 2.17. The topological polar surface area (TPSA) is 119 Å². The number of non-ortho nitro benzene ring substituents is 1. The Morgan fingerprint density at radius 3 is 2.45 bits per heavy atom. The van der Waals surface area contributed by atoms with Gasteiger partial charge in [0.05, 0.1) is 33.8 Å². The van der Waals surface area contributed by atoms with Crippen LogP contribution in [-0.4, -0.2) is 30.6 Å². The number of carbonyl (C=O) groups is 1. The number of aromatic amines is 1. The van der Waals surface area contributed by atoms with Gasteiger partial charge in [-0.3, -0.25) is 20.2 Å². The number of nitro groups is 1. The van der Waals surface area contributed by atoms with Crippen molar-refractivity contribution in [3.8, 4) is 16.9 Å². The fourth-order valence-electron chi connectivity index (χ4n) is 3.60. The number of imidazole rings is 1. The molecule has 0 aliphatic carbocycles. The van der Waals surface area contributed by atoms with E-state index in [-0.39, 0.29) is 18.0 Å². The Bertz CT molecular complexity index is 1420. The molecule has 9 heteroatoms. The number of benzene rings is 3. The van der Waals surface area contributed by atoms with Gasteiger partial charge in [0.15, 0.2) is 0 Å². The van der Waals surface area contributed by atoms with Crippen LogP contribution in [0.4, 0.5) is 11.6 Å². The number of rotatable bonds is 6. The van der Waals surface area contributed by atoms with Crippen LogP contribution < -0.4 is 5.32 Å². The summed E-state index contributed by atoms with van der Waals surface area (Å²) in [6.07, 6.45) is 1.85. The summed E-state index contributed by atoms with van der Waals surface area (Å²) in [6, 6.07) is 23.2. The lowest BCUT2D eigenvalue weighted by molar-refractivity contribution is -0.384. The molecule has 5 aromatic rings. The van der Waals surface area contributed by atoms with E-state index < -0.39 is 4.92 Å². The summed E-state index contributed by atoms with van der Waals surface area (Å²) in [7, 11) is 0. The second kappa shape index (κ2) is 8.39. The van der Waals surface area contributed by atoms with E-state index >= 15 is 0 Å². The molecule has 0 saturated heterocycles. The number of H-pyrrole nitrogens is 1. The zero-order valence-electron chi connectivity index (χ0n) is 17.3. The number of para-hydroxylation sites is 3. The summed E-state index contributed by atoms with van der Waals surface area (Å²) in [5, 5.41) is 18.5. The van der Waals surface area contributed by atoms with Crippen molar-refractivity contribution >= 4 is 28.6 Å². The first-order valence-corrected chi connectivity index (χ1v) is 10.2. The Labute approximate surface area is 187 Å². The maximum atomic E-state index is 12.8. The van der Waals surface area contributed by atoms with Gasteiger partial charge in [-0.2, -0.15) is 5.10 Å². The minimum atomic E-state index is -0.450. The van der Waals surface area contributed by atoms with Crippen LogP contribution in [0.3, 0.4) is 0 Å². The third kappa shape index (κ3) is 4.19. The molecule has 0 spiro atoms. The maximum Gasteiger partial charge on any atom is 0.269 e. The summed E-state index contributed by atoms with van der Waals surface area (Å²) in [5.41, 5.74) is 4.36. The Balaban J connectivity index is 1.46. The van der Waals surface area contributed by atoms with Crippen molar-refractivity contribution in [1.82, 2.24) is 19.7 Å². The molecule has 33 heavy (non-hydrogen) atoms. The van der Waals surface area contributed by atoms with Gasteiger partial charge in [-0.15, -0.1) is 0 Å². The zero-order valence-corrected chi connectivity index (χ0v) is 17.3. The molecular weight excluding hydrogens is 420 g/mol. The van der Waals surface area contributed by atoms with Crippen LogP contribution in [0.5, 0.6) is 0 Å². The van der Waals surface area contributed by atoms with Gasteiger partial charge in [-0.1, -0.05) is 30.3 Å². The maximum absolute atomic E-state index is 12.8. The molecule has 2 aromatic heterocycles. The van der Waals surface area contributed by atoms with Crippen LogP contribution in [0, 0.1) is 10.1 Å². The van der Waals surface area contributed by atoms with Crippen molar-refractivity contribution in [3.05, 3.63) is 101 Å². The fourth-order valence-corrected chi connectivity index (χ4v) is 3.60. The average molecular weight is 438 g/mol. The molecule has 0 saturated carbocycles. The summed E-state index contributed by atoms with van der Waals surface area (Å²) in [4.78, 5) is 30.9. The van der Waals surface area contributed by atoms with E-state index in [1.54, 1.807) is 23.0 Å². The smallest absolute Gasteiger partial charge is 0.269 e. The Hall–Kier alpha value is -4.79. The molecule has 3 aromatic carbocycles. The van der Waals surface area contributed by atoms with Crippen LogP contribution in [0.2, 0.25) is 0 Å². The van der Waals surface area contributed by atoms with Gasteiger partial charge in [0.1, 0.15) is 0 Å². The summed E-state index contributed by atoms with van der Waals surface area (Å²) >= 11 is 0. The first-order chi connectivity index (χ1) is 16.1. The largest absolute Gasteiger partial charge is 0.324 e. The van der Waals surface area contributed by atoms with Gasteiger partial charge in [-0.05, 0) is 36.4 Å². The molecule has 5 rings (SSSR count). The van der Waals surface area contributed by atoms with Crippen molar-refractivity contribution in [2.45, 2.75) is 6.42 Å². The van der Waals surface area contributed by atoms with E-state index in [4.69, 9.17) is 0 Å². The number of nitro benzene ring substituents is 1. The van der Waals surface area contributed by atoms with Gasteiger partial charge >= 0.3 is 0 Å². The number of amides is 1. The number of carbonyl (C=O) groups excluding carboxylic acids is 1. The lowest BCUT2D eigenvalue weighted by Gasteiger charge is -2.03. The minimum absolute atomic E-state index is 0.00887. The quantitative estimate of drug-likeness (QED) is 0.299. The zero-order chi connectivity index (χ0) is 22.8. The van der Waals surface area contributed by atoms with E-state index in [2.05, 4.69) is 20.4 Å². The second-order valence-corrected chi connectivity index (χ2v) is 7.41. The average Bonchev–Trinajstić information content (AvgIpc) is 3.43. The molecule has 9 nitrogen and oxygen atoms in total. The molecule has 1 amide bonds. The number of nitrogens with one attached hydrogen (secondary N) is 2. The van der Waals surface area contributed by atoms with Gasteiger partial charge in [-0.25, -0.2) is 9.67 Å². The molecule has 0 bridgehead atoms. The molecule has 0 aliphatic heterocycles. The van der Waals surface area contributed by atoms with Crippen molar-refractivity contribution in [1.29, 1.82) is 0 Å². The molecule has 0 unspecified atom stereocenters. The standard InChI is InChI=1S/C24H18N6O3/c31-22(27-24-25-20-8-4-5-9-21(20)26-24)14-17-15-29(18-6-2-1-3-7-18)28-23(17)16-10-12-19(13-11-16)30(32)33/h1-13,15H,14H2,(H2,25,26,27,31). The number of hydrogen-bond donors (Lipinski definition) is 2. The molecule has 0 radical (unpaired) electrons. The van der Waals surface area contributed by atoms with Gasteiger partial charge in [0.2, 0.25) is 11.9 Å². The van der Waals surface area contributed by atoms with Crippen LogP contribution in [0.25, 0.3) is 28.0 Å². The SMILES string of the molecule is O=C(Cc1cn(-c2ccccc2)nc1-c1ccc([N+](=O)[O-])cc1)Nc1nc2ccccc2[nH]1. The van der Waals surface area contributed by atoms with E-state index in [1.165, 1.54) is 12.1 Å². The van der Waals surface area contributed by atoms with Crippen LogP contribution >= 0.6 is 0 Å². The van der Waals surface area contributed by atoms with Crippen molar-refractivity contribution in [3.63, 3.8) is 0 Å². The van der Waals surface area contributed by atoms with Gasteiger partial charge < -0.3 is 4.98 Å². The lowest BCUT2D eigenvalue weighted by atomic mass is 10.1. The lowest BCUT2D eigenvalue weighted by Crippen LogP contribution is -2.15. The monoisotopic (exact) mass is 438 g/mol. The molecule has 2 N–H and O–H groups in total.